The maximum absolute atomic E-state index is 6.29. The van der Waals surface area contributed by atoms with Crippen molar-refractivity contribution < 1.29 is 8.83 Å². The van der Waals surface area contributed by atoms with Crippen molar-refractivity contribution in [2.24, 2.45) is 0 Å². The Morgan fingerprint density at radius 3 is 2.02 bits per heavy atom. The second-order valence-electron chi connectivity index (χ2n) is 10.2. The first-order valence-electron chi connectivity index (χ1n) is 13.7. The Morgan fingerprint density at radius 1 is 0.524 bits per heavy atom. The molecule has 8 aromatic rings. The van der Waals surface area contributed by atoms with E-state index in [9.17, 15) is 0 Å². The van der Waals surface area contributed by atoms with E-state index >= 15 is 0 Å². The zero-order valence-electron chi connectivity index (χ0n) is 22.4. The van der Waals surface area contributed by atoms with Crippen molar-refractivity contribution >= 4 is 66.4 Å². The van der Waals surface area contributed by atoms with Gasteiger partial charge < -0.3 is 8.83 Å². The lowest BCUT2D eigenvalue weighted by Gasteiger charge is -2.21. The van der Waals surface area contributed by atoms with E-state index < -0.39 is 0 Å². The molecule has 0 saturated heterocycles. The number of hydrogen-bond donors (Lipinski definition) is 0. The molecule has 5 heteroatoms. The van der Waals surface area contributed by atoms with Gasteiger partial charge in [0.15, 0.2) is 5.58 Å². The van der Waals surface area contributed by atoms with E-state index in [0.717, 1.165) is 71.1 Å². The van der Waals surface area contributed by atoms with Crippen LogP contribution in [-0.4, -0.2) is 4.98 Å². The summed E-state index contributed by atoms with van der Waals surface area (Å²) in [6.07, 6.45) is 0. The van der Waals surface area contributed by atoms with Gasteiger partial charge in [0.2, 0.25) is 0 Å². The van der Waals surface area contributed by atoms with Crippen molar-refractivity contribution in [3.8, 4) is 22.3 Å². The fourth-order valence-corrected chi connectivity index (χ4v) is 5.85. The number of furan rings is 1. The molecule has 0 aliphatic carbocycles. The Bertz CT molecular complexity index is 2170. The Morgan fingerprint density at radius 2 is 1.21 bits per heavy atom. The van der Waals surface area contributed by atoms with Gasteiger partial charge in [-0.25, -0.2) is 0 Å². The Kier molecular flexibility index (Phi) is 5.90. The summed E-state index contributed by atoms with van der Waals surface area (Å²) in [5.74, 6) is 0. The summed E-state index contributed by atoms with van der Waals surface area (Å²) >= 11 is 3.54. The van der Waals surface area contributed by atoms with Crippen molar-refractivity contribution in [1.82, 2.24) is 4.98 Å². The summed E-state index contributed by atoms with van der Waals surface area (Å²) in [4.78, 5) is 6.84. The van der Waals surface area contributed by atoms with Gasteiger partial charge in [0.1, 0.15) is 16.7 Å². The fourth-order valence-electron chi connectivity index (χ4n) is 5.58. The van der Waals surface area contributed by atoms with Crippen molar-refractivity contribution in [2.75, 3.05) is 4.90 Å². The van der Waals surface area contributed by atoms with Crippen molar-refractivity contribution in [3.05, 3.63) is 144 Å². The lowest BCUT2D eigenvalue weighted by Crippen LogP contribution is -2.10. The summed E-state index contributed by atoms with van der Waals surface area (Å²) < 4.78 is 13.6. The van der Waals surface area contributed by atoms with Gasteiger partial charge in [0.05, 0.1) is 11.4 Å². The maximum atomic E-state index is 6.29. The Hall–Kier alpha value is -5.13. The van der Waals surface area contributed by atoms with Crippen LogP contribution in [0.3, 0.4) is 0 Å². The molecule has 8 rings (SSSR count). The molecule has 6 aromatic carbocycles. The van der Waals surface area contributed by atoms with E-state index in [-0.39, 0.29) is 0 Å². The van der Waals surface area contributed by atoms with E-state index in [2.05, 4.69) is 107 Å². The number of nitrogens with zero attached hydrogens (tertiary/aromatic N) is 2. The van der Waals surface area contributed by atoms with Crippen LogP contribution in [0, 0.1) is 0 Å². The molecule has 0 radical (unpaired) electrons. The molecule has 0 unspecified atom stereocenters. The van der Waals surface area contributed by atoms with Crippen LogP contribution >= 0.6 is 15.9 Å². The van der Waals surface area contributed by atoms with Crippen LogP contribution in [0.25, 0.3) is 55.3 Å². The van der Waals surface area contributed by atoms with E-state index in [4.69, 9.17) is 13.8 Å². The molecule has 200 valence electrons. The Balaban J connectivity index is 1.24. The first-order chi connectivity index (χ1) is 20.7. The van der Waals surface area contributed by atoms with Gasteiger partial charge >= 0.3 is 6.01 Å². The lowest BCUT2D eigenvalue weighted by atomic mass is 9.97. The molecule has 0 fully saturated rings. The zero-order chi connectivity index (χ0) is 28.0. The van der Waals surface area contributed by atoms with Crippen LogP contribution < -0.4 is 4.90 Å². The number of hydrogen-bond acceptors (Lipinski definition) is 4. The first-order valence-corrected chi connectivity index (χ1v) is 14.5. The van der Waals surface area contributed by atoms with E-state index in [1.54, 1.807) is 0 Å². The minimum Gasteiger partial charge on any atom is -0.456 e. The van der Waals surface area contributed by atoms with E-state index in [1.807, 2.05) is 53.4 Å². The van der Waals surface area contributed by atoms with Crippen LogP contribution in [0.15, 0.2) is 153 Å². The molecule has 0 saturated carbocycles. The average molecular weight is 608 g/mol. The predicted octanol–water partition coefficient (Wildman–Crippen LogP) is 11.3. The third kappa shape index (κ3) is 4.26. The fraction of sp³-hybridized carbons (Fsp3) is 0. The van der Waals surface area contributed by atoms with Gasteiger partial charge in [0, 0.05) is 15.2 Å². The van der Waals surface area contributed by atoms with Gasteiger partial charge in [-0.05, 0) is 89.0 Å². The summed E-state index contributed by atoms with van der Waals surface area (Å²) in [5, 5.41) is 2.21. The molecule has 4 nitrogen and oxygen atoms in total. The van der Waals surface area contributed by atoms with Gasteiger partial charge in [-0.15, -0.1) is 0 Å². The van der Waals surface area contributed by atoms with Gasteiger partial charge in [-0.1, -0.05) is 88.7 Å². The van der Waals surface area contributed by atoms with Crippen molar-refractivity contribution in [1.29, 1.82) is 0 Å². The van der Waals surface area contributed by atoms with Crippen LogP contribution in [0.2, 0.25) is 0 Å². The molecular weight excluding hydrogens is 584 g/mol. The molecular formula is C37H23BrN2O2. The van der Waals surface area contributed by atoms with E-state index in [1.165, 1.54) is 0 Å². The molecule has 42 heavy (non-hydrogen) atoms. The molecule has 0 atom stereocenters. The number of benzene rings is 6. The third-order valence-electron chi connectivity index (χ3n) is 7.60. The minimum atomic E-state index is 0.526. The molecule has 2 heterocycles. The molecule has 0 N–H and O–H groups in total. The zero-order valence-corrected chi connectivity index (χ0v) is 24.0. The van der Waals surface area contributed by atoms with Crippen LogP contribution in [-0.2, 0) is 0 Å². The van der Waals surface area contributed by atoms with Gasteiger partial charge in [-0.2, -0.15) is 4.98 Å². The maximum Gasteiger partial charge on any atom is 0.307 e. The number of anilines is 3. The normalized spacial score (nSPS) is 11.5. The summed E-state index contributed by atoms with van der Waals surface area (Å²) in [5.41, 5.74) is 9.80. The van der Waals surface area contributed by atoms with E-state index in [0.29, 0.717) is 6.01 Å². The Labute approximate surface area is 250 Å². The number of aromatic nitrogens is 1. The number of rotatable bonds is 5. The average Bonchev–Trinajstić information content (AvgIpc) is 3.63. The van der Waals surface area contributed by atoms with Gasteiger partial charge in [-0.3, -0.25) is 4.90 Å². The van der Waals surface area contributed by atoms with Crippen LogP contribution in [0.4, 0.5) is 17.4 Å². The van der Waals surface area contributed by atoms with Crippen LogP contribution in [0.5, 0.6) is 0 Å². The topological polar surface area (TPSA) is 42.4 Å². The SMILES string of the molecule is Brc1ccc(-c2ccc3oc4cccc(-c5ccc(N(c6ccccc6)c6nc7ccccc7o6)cc5)c4c3c2)cc1. The molecule has 0 spiro atoms. The highest BCUT2D eigenvalue weighted by atomic mass is 79.9. The predicted molar refractivity (Wildman–Crippen MR) is 175 cm³/mol. The molecule has 2 aromatic heterocycles. The highest BCUT2D eigenvalue weighted by Gasteiger charge is 2.19. The lowest BCUT2D eigenvalue weighted by molar-refractivity contribution is 0.608. The quantitative estimate of drug-likeness (QED) is 0.195. The first kappa shape index (κ1) is 24.6. The largest absolute Gasteiger partial charge is 0.456 e. The summed E-state index contributed by atoms with van der Waals surface area (Å²) in [6.45, 7) is 0. The third-order valence-corrected chi connectivity index (χ3v) is 8.13. The highest BCUT2D eigenvalue weighted by molar-refractivity contribution is 9.10. The molecule has 0 amide bonds. The van der Waals surface area contributed by atoms with Crippen LogP contribution in [0.1, 0.15) is 0 Å². The van der Waals surface area contributed by atoms with Crippen molar-refractivity contribution in [3.63, 3.8) is 0 Å². The number of halogens is 1. The number of oxazole rings is 1. The monoisotopic (exact) mass is 606 g/mol. The van der Waals surface area contributed by atoms with Gasteiger partial charge in [0.25, 0.3) is 0 Å². The second-order valence-corrected chi connectivity index (χ2v) is 11.1. The second kappa shape index (κ2) is 10.1. The molecule has 0 aliphatic rings. The minimum absolute atomic E-state index is 0.526. The summed E-state index contributed by atoms with van der Waals surface area (Å²) in [6, 6.07) is 48.1. The number of fused-ring (bicyclic) bond motifs is 4. The molecule has 0 bridgehead atoms. The summed E-state index contributed by atoms with van der Waals surface area (Å²) in [7, 11) is 0. The molecule has 0 aliphatic heterocycles. The number of para-hydroxylation sites is 3. The van der Waals surface area contributed by atoms with Crippen molar-refractivity contribution in [2.45, 2.75) is 0 Å². The smallest absolute Gasteiger partial charge is 0.307 e. The highest BCUT2D eigenvalue weighted by Crippen LogP contribution is 2.40. The standard InChI is InChI=1S/C37H23BrN2O2/c38-27-18-13-24(14-19-27)26-17-22-33-31(23-26)36-30(9-6-12-35(36)41-33)25-15-20-29(21-16-25)40(28-7-2-1-3-8-28)37-39-32-10-4-5-11-34(32)42-37/h1-23H.